The van der Waals surface area contributed by atoms with Crippen molar-refractivity contribution in [3.63, 3.8) is 0 Å². The first-order valence-electron chi connectivity index (χ1n) is 7.49. The third-order valence-electron chi connectivity index (χ3n) is 2.79. The zero-order valence-corrected chi connectivity index (χ0v) is 14.9. The molecule has 0 heterocycles. The van der Waals surface area contributed by atoms with Crippen molar-refractivity contribution in [1.29, 1.82) is 0 Å². The van der Waals surface area contributed by atoms with Crippen LogP contribution >= 0.6 is 0 Å². The van der Waals surface area contributed by atoms with Crippen molar-refractivity contribution >= 4 is 11.9 Å². The Morgan fingerprint density at radius 1 is 1.21 bits per heavy atom. The summed E-state index contributed by atoms with van der Waals surface area (Å²) in [6.07, 6.45) is -1.09. The number of carbonyl (C=O) groups is 2. The summed E-state index contributed by atoms with van der Waals surface area (Å²) in [4.78, 5) is 20.7. The molecule has 0 aliphatic carbocycles. The van der Waals surface area contributed by atoms with E-state index in [4.69, 9.17) is 14.9 Å². The Bertz CT molecular complexity index is 522. The smallest absolute Gasteiger partial charge is 0.347 e. The second kappa shape index (κ2) is 9.24. The summed E-state index contributed by atoms with van der Waals surface area (Å²) < 4.78 is 5.81. The van der Waals surface area contributed by atoms with E-state index >= 15 is 0 Å². The van der Waals surface area contributed by atoms with Crippen molar-refractivity contribution < 1.29 is 34.1 Å². The van der Waals surface area contributed by atoms with Gasteiger partial charge < -0.3 is 29.3 Å². The molecule has 0 spiro atoms. The van der Waals surface area contributed by atoms with Crippen molar-refractivity contribution in [2.75, 3.05) is 27.7 Å². The minimum Gasteiger partial charge on any atom is -0.550 e. The van der Waals surface area contributed by atoms with E-state index in [2.05, 4.69) is 0 Å². The SMILES string of the molecule is CC(C)(Oc1ccccc1)C(=O)O.C[N+](C)(C)C[C@H](O)CC(=O)[O-]. The standard InChI is InChI=1S/C10H12O3.C7H15NO3/c1-10(2,9(11)12)13-8-6-4-3-5-7-8;1-8(2,3)5-6(9)4-7(10)11/h3-7H,1-2H3,(H,11,12);6,9H,4-5H2,1-3H3/t;6-/m.1/s1. The van der Waals surface area contributed by atoms with Crippen LogP contribution < -0.4 is 9.84 Å². The molecule has 0 fully saturated rings. The van der Waals surface area contributed by atoms with E-state index in [1.54, 1.807) is 24.3 Å². The molecule has 7 heteroatoms. The number of quaternary nitrogens is 1. The molecule has 1 aromatic carbocycles. The first kappa shape index (κ1) is 21.9. The second-order valence-electron chi connectivity index (χ2n) is 6.93. The lowest BCUT2D eigenvalue weighted by Crippen LogP contribution is -2.43. The monoisotopic (exact) mass is 341 g/mol. The molecule has 0 amide bonds. The topological polar surface area (TPSA) is 107 Å². The van der Waals surface area contributed by atoms with Crippen molar-refractivity contribution in [3.05, 3.63) is 30.3 Å². The third kappa shape index (κ3) is 10.6. The number of carboxylic acid groups (broad SMARTS) is 2. The third-order valence-corrected chi connectivity index (χ3v) is 2.79. The normalized spacial score (nSPS) is 12.6. The van der Waals surface area contributed by atoms with Gasteiger partial charge in [0.15, 0.2) is 5.60 Å². The highest BCUT2D eigenvalue weighted by atomic mass is 16.5. The molecule has 0 bridgehead atoms. The highest BCUT2D eigenvalue weighted by Gasteiger charge is 2.29. The number of carboxylic acids is 2. The molecular weight excluding hydrogens is 314 g/mol. The van der Waals surface area contributed by atoms with Gasteiger partial charge in [0.2, 0.25) is 0 Å². The molecule has 0 aliphatic heterocycles. The van der Waals surface area contributed by atoms with E-state index in [1.807, 2.05) is 27.2 Å². The van der Waals surface area contributed by atoms with Gasteiger partial charge in [0.1, 0.15) is 18.4 Å². The Morgan fingerprint density at radius 3 is 2.08 bits per heavy atom. The van der Waals surface area contributed by atoms with Crippen LogP contribution in [0.4, 0.5) is 0 Å². The first-order chi connectivity index (χ1) is 10.8. The Labute approximate surface area is 142 Å². The average molecular weight is 341 g/mol. The lowest BCUT2D eigenvalue weighted by Gasteiger charge is -2.26. The number of hydrogen-bond acceptors (Lipinski definition) is 5. The van der Waals surface area contributed by atoms with Gasteiger partial charge in [-0.3, -0.25) is 0 Å². The molecule has 0 unspecified atom stereocenters. The fraction of sp³-hybridized carbons (Fsp3) is 0.529. The van der Waals surface area contributed by atoms with E-state index in [0.29, 0.717) is 16.8 Å². The summed E-state index contributed by atoms with van der Waals surface area (Å²) in [5.41, 5.74) is -1.18. The number of para-hydroxylation sites is 1. The van der Waals surface area contributed by atoms with Gasteiger partial charge in [-0.05, 0) is 26.0 Å². The van der Waals surface area contributed by atoms with E-state index in [1.165, 1.54) is 13.8 Å². The largest absolute Gasteiger partial charge is 0.550 e. The van der Waals surface area contributed by atoms with E-state index in [9.17, 15) is 14.7 Å². The zero-order chi connectivity index (χ0) is 19.0. The minimum atomic E-state index is -1.20. The summed E-state index contributed by atoms with van der Waals surface area (Å²) >= 11 is 0. The molecule has 1 rings (SSSR count). The lowest BCUT2D eigenvalue weighted by molar-refractivity contribution is -0.873. The van der Waals surface area contributed by atoms with Gasteiger partial charge >= 0.3 is 5.97 Å². The molecule has 24 heavy (non-hydrogen) atoms. The molecule has 1 aromatic rings. The number of benzene rings is 1. The van der Waals surface area contributed by atoms with Gasteiger partial charge in [-0.15, -0.1) is 0 Å². The van der Waals surface area contributed by atoms with Gasteiger partial charge in [0.05, 0.1) is 21.1 Å². The van der Waals surface area contributed by atoms with Crippen molar-refractivity contribution in [3.8, 4) is 5.75 Å². The molecule has 0 saturated heterocycles. The Hall–Kier alpha value is -2.12. The average Bonchev–Trinajstić information content (AvgIpc) is 2.36. The van der Waals surface area contributed by atoms with Crippen molar-refractivity contribution in [2.45, 2.75) is 32.0 Å². The number of nitrogens with zero attached hydrogens (tertiary/aromatic N) is 1. The summed E-state index contributed by atoms with van der Waals surface area (Å²) in [5, 5.41) is 27.9. The van der Waals surface area contributed by atoms with E-state index in [0.717, 1.165) is 0 Å². The molecule has 7 nitrogen and oxygen atoms in total. The quantitative estimate of drug-likeness (QED) is 0.682. The fourth-order valence-corrected chi connectivity index (χ4v) is 1.72. The first-order valence-corrected chi connectivity index (χ1v) is 7.49. The highest BCUT2D eigenvalue weighted by molar-refractivity contribution is 5.76. The maximum Gasteiger partial charge on any atom is 0.347 e. The van der Waals surface area contributed by atoms with Gasteiger partial charge in [-0.25, -0.2) is 4.79 Å². The number of aliphatic hydroxyl groups is 1. The number of ether oxygens (including phenoxy) is 1. The van der Waals surface area contributed by atoms with Gasteiger partial charge in [-0.2, -0.15) is 0 Å². The fourth-order valence-electron chi connectivity index (χ4n) is 1.72. The molecule has 0 saturated carbocycles. The Morgan fingerprint density at radius 2 is 1.71 bits per heavy atom. The second-order valence-corrected chi connectivity index (χ2v) is 6.93. The number of aliphatic hydroxyl groups excluding tert-OH is 1. The van der Waals surface area contributed by atoms with Crippen LogP contribution in [0.3, 0.4) is 0 Å². The van der Waals surface area contributed by atoms with Crippen LogP contribution in [-0.4, -0.2) is 66.0 Å². The number of aliphatic carboxylic acids is 2. The summed E-state index contributed by atoms with van der Waals surface area (Å²) in [5.74, 6) is -1.61. The number of likely N-dealkylation sites (N-methyl/N-ethyl adjacent to an activating group) is 1. The summed E-state index contributed by atoms with van der Waals surface area (Å²) in [6.45, 7) is 3.46. The number of carbonyl (C=O) groups excluding carboxylic acids is 1. The molecule has 0 radical (unpaired) electrons. The molecule has 0 aliphatic rings. The zero-order valence-electron chi connectivity index (χ0n) is 14.9. The van der Waals surface area contributed by atoms with Crippen LogP contribution in [0.15, 0.2) is 30.3 Å². The lowest BCUT2D eigenvalue weighted by atomic mass is 10.1. The van der Waals surface area contributed by atoms with Gasteiger partial charge in [0.25, 0.3) is 0 Å². The molecule has 1 atom stereocenters. The summed E-state index contributed by atoms with van der Waals surface area (Å²) in [6, 6.07) is 8.90. The van der Waals surface area contributed by atoms with Crippen LogP contribution in [0.25, 0.3) is 0 Å². The summed E-state index contributed by atoms with van der Waals surface area (Å²) in [7, 11) is 5.66. The molecule has 0 aromatic heterocycles. The van der Waals surface area contributed by atoms with Crippen LogP contribution in [0.1, 0.15) is 20.3 Å². The van der Waals surface area contributed by atoms with E-state index in [-0.39, 0.29) is 6.42 Å². The van der Waals surface area contributed by atoms with Gasteiger partial charge in [0, 0.05) is 12.4 Å². The molecular formula is C17H27NO6. The minimum absolute atomic E-state index is 0.282. The van der Waals surface area contributed by atoms with Crippen LogP contribution in [-0.2, 0) is 9.59 Å². The maximum atomic E-state index is 10.7. The Kier molecular flexibility index (Phi) is 8.43. The van der Waals surface area contributed by atoms with Crippen LogP contribution in [0, 0.1) is 0 Å². The molecule has 136 valence electrons. The van der Waals surface area contributed by atoms with Gasteiger partial charge in [-0.1, -0.05) is 18.2 Å². The Balaban J connectivity index is 0.000000449. The van der Waals surface area contributed by atoms with Crippen LogP contribution in [0.2, 0.25) is 0 Å². The number of rotatable bonds is 7. The predicted molar refractivity (Wildman–Crippen MR) is 87.3 cm³/mol. The van der Waals surface area contributed by atoms with Crippen molar-refractivity contribution in [2.24, 2.45) is 0 Å². The highest BCUT2D eigenvalue weighted by Crippen LogP contribution is 2.17. The van der Waals surface area contributed by atoms with E-state index < -0.39 is 23.6 Å². The van der Waals surface area contributed by atoms with Crippen molar-refractivity contribution in [1.82, 2.24) is 0 Å². The molecule has 2 N–H and O–H groups in total. The number of hydrogen-bond donors (Lipinski definition) is 2. The van der Waals surface area contributed by atoms with Crippen LogP contribution in [0.5, 0.6) is 5.75 Å². The maximum absolute atomic E-state index is 10.7. The predicted octanol–water partition coefficient (Wildman–Crippen LogP) is 0.122.